The van der Waals surface area contributed by atoms with Crippen LogP contribution in [0, 0.1) is 0 Å². The molecule has 2 aliphatic heterocycles. The van der Waals surface area contributed by atoms with Gasteiger partial charge in [-0.25, -0.2) is 5.01 Å². The van der Waals surface area contributed by atoms with Crippen LogP contribution in [0.25, 0.3) is 0 Å². The molecule has 1 aromatic heterocycles. The maximum absolute atomic E-state index is 13.7. The van der Waals surface area contributed by atoms with Crippen LogP contribution < -0.4 is 9.47 Å². The number of hydrazone groups is 1. The molecule has 0 fully saturated rings. The highest BCUT2D eigenvalue weighted by Gasteiger charge is 2.36. The van der Waals surface area contributed by atoms with Gasteiger partial charge >= 0.3 is 6.18 Å². The Morgan fingerprint density at radius 2 is 1.90 bits per heavy atom. The molecule has 3 aromatic rings. The molecular weight excluding hydrogens is 535 g/mol. The van der Waals surface area contributed by atoms with E-state index in [1.807, 2.05) is 29.6 Å². The van der Waals surface area contributed by atoms with Crippen molar-refractivity contribution >= 4 is 28.9 Å². The molecule has 2 aliphatic rings. The second-order valence-electron chi connectivity index (χ2n) is 8.89. The average Bonchev–Trinajstić information content (AvgIpc) is 3.70. The van der Waals surface area contributed by atoms with Crippen molar-refractivity contribution in [3.05, 3.63) is 81.5 Å². The standard InChI is InChI=1S/C27H24F3N3O5S/c1-36-11-10-32(26(35)17-4-7-19(8-5-17)27(28,29)30)15-25(34)33-21(14-20(31-33)24-3-2-12-39-24)18-6-9-22-23(13-18)38-16-37-22/h2-9,12-13,21H,10-11,14-16H2,1H3/t21-/m1/s1. The number of fused-ring (bicyclic) bond motifs is 1. The summed E-state index contributed by atoms with van der Waals surface area (Å²) in [4.78, 5) is 29.1. The highest BCUT2D eigenvalue weighted by molar-refractivity contribution is 7.12. The van der Waals surface area contributed by atoms with Crippen molar-refractivity contribution in [1.29, 1.82) is 0 Å². The van der Waals surface area contributed by atoms with Gasteiger partial charge < -0.3 is 19.1 Å². The van der Waals surface area contributed by atoms with Gasteiger partial charge in [0, 0.05) is 25.6 Å². The Morgan fingerprint density at radius 1 is 1.13 bits per heavy atom. The Balaban J connectivity index is 1.40. The minimum Gasteiger partial charge on any atom is -0.454 e. The SMILES string of the molecule is COCCN(CC(=O)N1N=C(c2cccs2)C[C@@H]1c1ccc2c(c1)OCO2)C(=O)c1ccc(C(F)(F)F)cc1. The van der Waals surface area contributed by atoms with E-state index in [4.69, 9.17) is 14.2 Å². The zero-order valence-corrected chi connectivity index (χ0v) is 21.6. The third kappa shape index (κ3) is 5.76. The molecular formula is C27H24F3N3O5S. The van der Waals surface area contributed by atoms with Gasteiger partial charge in [-0.3, -0.25) is 9.59 Å². The van der Waals surface area contributed by atoms with Gasteiger partial charge in [0.05, 0.1) is 28.8 Å². The minimum absolute atomic E-state index is 0.0309. The molecule has 2 aromatic carbocycles. The summed E-state index contributed by atoms with van der Waals surface area (Å²) in [7, 11) is 1.45. The molecule has 0 saturated heterocycles. The van der Waals surface area contributed by atoms with Crippen LogP contribution >= 0.6 is 11.3 Å². The van der Waals surface area contributed by atoms with Crippen LogP contribution in [0.15, 0.2) is 65.1 Å². The lowest BCUT2D eigenvalue weighted by atomic mass is 10.0. The average molecular weight is 560 g/mol. The summed E-state index contributed by atoms with van der Waals surface area (Å²) in [6.07, 6.45) is -4.07. The molecule has 0 saturated carbocycles. The maximum atomic E-state index is 13.7. The van der Waals surface area contributed by atoms with Crippen molar-refractivity contribution in [2.24, 2.45) is 5.10 Å². The summed E-state index contributed by atoms with van der Waals surface area (Å²) < 4.78 is 55.0. The third-order valence-electron chi connectivity index (χ3n) is 6.39. The summed E-state index contributed by atoms with van der Waals surface area (Å²) in [6.45, 7) is -0.0316. The lowest BCUT2D eigenvalue weighted by Gasteiger charge is -2.27. The predicted molar refractivity (Wildman–Crippen MR) is 137 cm³/mol. The molecule has 5 rings (SSSR count). The number of hydrogen-bond donors (Lipinski definition) is 0. The van der Waals surface area contributed by atoms with Crippen LogP contribution in [0.3, 0.4) is 0 Å². The van der Waals surface area contributed by atoms with Crippen LogP contribution in [-0.4, -0.2) is 61.0 Å². The first-order valence-electron chi connectivity index (χ1n) is 12.0. The molecule has 0 aliphatic carbocycles. The first-order valence-corrected chi connectivity index (χ1v) is 12.9. The number of thiophene rings is 1. The van der Waals surface area contributed by atoms with Gasteiger partial charge in [-0.2, -0.15) is 18.3 Å². The van der Waals surface area contributed by atoms with E-state index in [2.05, 4.69) is 5.10 Å². The van der Waals surface area contributed by atoms with E-state index in [0.29, 0.717) is 17.9 Å². The van der Waals surface area contributed by atoms with Gasteiger partial charge in [0.15, 0.2) is 11.5 Å². The van der Waals surface area contributed by atoms with Crippen LogP contribution in [0.2, 0.25) is 0 Å². The molecule has 0 radical (unpaired) electrons. The molecule has 0 bridgehead atoms. The minimum atomic E-state index is -4.52. The highest BCUT2D eigenvalue weighted by atomic mass is 32.1. The zero-order valence-electron chi connectivity index (χ0n) is 20.8. The molecule has 0 N–H and O–H groups in total. The second-order valence-corrected chi connectivity index (χ2v) is 9.84. The molecule has 1 atom stereocenters. The Morgan fingerprint density at radius 3 is 2.59 bits per heavy atom. The summed E-state index contributed by atoms with van der Waals surface area (Å²) in [6, 6.07) is 12.7. The number of methoxy groups -OCH3 is 1. The Labute approximate surface area is 226 Å². The molecule has 8 nitrogen and oxygen atoms in total. The number of amides is 2. The summed E-state index contributed by atoms with van der Waals surface area (Å²) in [5.74, 6) is 0.154. The maximum Gasteiger partial charge on any atom is 0.416 e. The summed E-state index contributed by atoms with van der Waals surface area (Å²) in [5, 5.41) is 7.92. The second kappa shape index (κ2) is 11.1. The van der Waals surface area contributed by atoms with E-state index in [-0.39, 0.29) is 32.1 Å². The molecule has 0 spiro atoms. The van der Waals surface area contributed by atoms with Crippen molar-refractivity contribution in [2.75, 3.05) is 33.6 Å². The number of alkyl halides is 3. The van der Waals surface area contributed by atoms with Gasteiger partial charge in [-0.05, 0) is 53.4 Å². The number of carbonyl (C=O) groups excluding carboxylic acids is 2. The molecule has 39 heavy (non-hydrogen) atoms. The van der Waals surface area contributed by atoms with Crippen molar-refractivity contribution < 1.29 is 37.0 Å². The van der Waals surface area contributed by atoms with Crippen LogP contribution in [0.4, 0.5) is 13.2 Å². The van der Waals surface area contributed by atoms with Gasteiger partial charge in [0.25, 0.3) is 11.8 Å². The summed E-state index contributed by atoms with van der Waals surface area (Å²) in [5.41, 5.74) is 0.694. The fourth-order valence-corrected chi connectivity index (χ4v) is 5.11. The normalized spacial score (nSPS) is 16.4. The third-order valence-corrected chi connectivity index (χ3v) is 7.31. The van der Waals surface area contributed by atoms with E-state index < -0.39 is 29.6 Å². The number of halogens is 3. The van der Waals surface area contributed by atoms with Crippen molar-refractivity contribution in [3.63, 3.8) is 0 Å². The number of ether oxygens (including phenoxy) is 3. The predicted octanol–water partition coefficient (Wildman–Crippen LogP) is 4.96. The van der Waals surface area contributed by atoms with Gasteiger partial charge in [0.1, 0.15) is 6.54 Å². The number of rotatable bonds is 8. The molecule has 3 heterocycles. The molecule has 0 unspecified atom stereocenters. The van der Waals surface area contributed by atoms with Gasteiger partial charge in [0.2, 0.25) is 6.79 Å². The number of hydrogen-bond acceptors (Lipinski definition) is 7. The fraction of sp³-hybridized carbons (Fsp3) is 0.296. The van der Waals surface area contributed by atoms with Crippen LogP contribution in [0.1, 0.15) is 38.8 Å². The van der Waals surface area contributed by atoms with E-state index in [1.54, 1.807) is 6.07 Å². The largest absolute Gasteiger partial charge is 0.454 e. The first-order chi connectivity index (χ1) is 18.7. The van der Waals surface area contributed by atoms with Gasteiger partial charge in [-0.1, -0.05) is 12.1 Å². The number of carbonyl (C=O) groups is 2. The lowest BCUT2D eigenvalue weighted by Crippen LogP contribution is -2.42. The van der Waals surface area contributed by atoms with E-state index in [0.717, 1.165) is 40.4 Å². The Kier molecular flexibility index (Phi) is 7.58. The lowest BCUT2D eigenvalue weighted by molar-refractivity contribution is -0.137. The topological polar surface area (TPSA) is 80.7 Å². The van der Waals surface area contributed by atoms with Crippen LogP contribution in [-0.2, 0) is 15.7 Å². The van der Waals surface area contributed by atoms with E-state index in [9.17, 15) is 22.8 Å². The molecule has 12 heteroatoms. The highest BCUT2D eigenvalue weighted by Crippen LogP contribution is 2.39. The smallest absolute Gasteiger partial charge is 0.416 e. The number of nitrogens with zero attached hydrogens (tertiary/aromatic N) is 3. The Hall–Kier alpha value is -3.90. The van der Waals surface area contributed by atoms with Crippen LogP contribution in [0.5, 0.6) is 11.5 Å². The van der Waals surface area contributed by atoms with E-state index in [1.165, 1.54) is 28.4 Å². The van der Waals surface area contributed by atoms with Gasteiger partial charge in [-0.15, -0.1) is 11.3 Å². The van der Waals surface area contributed by atoms with E-state index >= 15 is 0 Å². The molecule has 204 valence electrons. The first kappa shape index (κ1) is 26.7. The quantitative estimate of drug-likeness (QED) is 0.390. The monoisotopic (exact) mass is 559 g/mol. The fourth-order valence-electron chi connectivity index (χ4n) is 4.39. The van der Waals surface area contributed by atoms with Crippen molar-refractivity contribution in [2.45, 2.75) is 18.6 Å². The molecule has 2 amide bonds. The zero-order chi connectivity index (χ0) is 27.6. The summed E-state index contributed by atoms with van der Waals surface area (Å²) >= 11 is 1.51. The Bertz CT molecular complexity index is 1380. The van der Waals surface area contributed by atoms with Crippen molar-refractivity contribution in [1.82, 2.24) is 9.91 Å². The van der Waals surface area contributed by atoms with Crippen molar-refractivity contribution in [3.8, 4) is 11.5 Å². The number of benzene rings is 2.